The normalized spacial score (nSPS) is 31.9. The minimum atomic E-state index is -1.15. The smallest absolute Gasteiger partial charge is 0.323 e. The number of carboxylic acids is 1. The Balaban J connectivity index is 2.01. The van der Waals surface area contributed by atoms with Gasteiger partial charge in [0.1, 0.15) is 24.5 Å². The van der Waals surface area contributed by atoms with Crippen molar-refractivity contribution in [3.8, 4) is 0 Å². The van der Waals surface area contributed by atoms with E-state index < -0.39 is 24.2 Å². The van der Waals surface area contributed by atoms with Gasteiger partial charge in [-0.15, -0.1) is 0 Å². The molecule has 0 aromatic carbocycles. The summed E-state index contributed by atoms with van der Waals surface area (Å²) in [5.74, 6) is -1.12. The maximum atomic E-state index is 11.1. The van der Waals surface area contributed by atoms with Gasteiger partial charge in [-0.2, -0.15) is 0 Å². The van der Waals surface area contributed by atoms with E-state index in [-0.39, 0.29) is 12.1 Å². The number of β-lactam (4-membered cyclic amide) rings is 1. The summed E-state index contributed by atoms with van der Waals surface area (Å²) in [5.41, 5.74) is 5.49. The number of hydrogen-bond donors (Lipinski definition) is 2. The highest BCUT2D eigenvalue weighted by Gasteiger charge is 2.49. The molecule has 0 unspecified atom stereocenters. The van der Waals surface area contributed by atoms with Crippen LogP contribution in [0.3, 0.4) is 0 Å². The maximum absolute atomic E-state index is 11.1. The Labute approximate surface area is 92.1 Å². The molecule has 7 nitrogen and oxygen atoms in total. The fourth-order valence-corrected chi connectivity index (χ4v) is 2.06. The van der Waals surface area contributed by atoms with Gasteiger partial charge in [0.15, 0.2) is 0 Å². The molecule has 0 spiro atoms. The number of carbonyl (C=O) groups is 2. The van der Waals surface area contributed by atoms with Crippen molar-refractivity contribution in [1.82, 2.24) is 4.90 Å². The van der Waals surface area contributed by atoms with Crippen molar-refractivity contribution in [2.75, 3.05) is 13.7 Å². The zero-order chi connectivity index (χ0) is 11.9. The van der Waals surface area contributed by atoms with Crippen LogP contribution in [0.15, 0.2) is 0 Å². The second-order valence-corrected chi connectivity index (χ2v) is 3.94. The van der Waals surface area contributed by atoms with Crippen LogP contribution in [0.4, 0.5) is 0 Å². The second-order valence-electron chi connectivity index (χ2n) is 3.94. The monoisotopic (exact) mass is 230 g/mol. The van der Waals surface area contributed by atoms with Gasteiger partial charge in [-0.1, -0.05) is 0 Å². The molecule has 2 saturated heterocycles. The van der Waals surface area contributed by atoms with E-state index in [1.807, 2.05) is 0 Å². The number of methoxy groups -OCH3 is 1. The lowest BCUT2D eigenvalue weighted by Crippen LogP contribution is -2.51. The van der Waals surface area contributed by atoms with Gasteiger partial charge in [0, 0.05) is 7.11 Å². The second kappa shape index (κ2) is 4.00. The third-order valence-electron chi connectivity index (χ3n) is 3.00. The minimum absolute atomic E-state index is 0.0197. The molecule has 0 radical (unpaired) electrons. The van der Waals surface area contributed by atoms with Crippen LogP contribution in [0, 0.1) is 0 Å². The van der Waals surface area contributed by atoms with E-state index >= 15 is 0 Å². The van der Waals surface area contributed by atoms with Gasteiger partial charge >= 0.3 is 5.97 Å². The number of fused-ring (bicyclic) bond motifs is 1. The molecule has 0 bridgehead atoms. The Morgan fingerprint density at radius 1 is 1.75 bits per heavy atom. The lowest BCUT2D eigenvalue weighted by Gasteiger charge is -2.31. The molecule has 2 rings (SSSR count). The van der Waals surface area contributed by atoms with Gasteiger partial charge in [-0.25, -0.2) is 0 Å². The molecule has 0 aliphatic carbocycles. The number of hydrogen-bond acceptors (Lipinski definition) is 5. The number of amides is 1. The molecule has 2 aliphatic rings. The van der Waals surface area contributed by atoms with Crippen LogP contribution in [0.25, 0.3) is 0 Å². The van der Waals surface area contributed by atoms with Crippen LogP contribution < -0.4 is 5.73 Å². The molecule has 16 heavy (non-hydrogen) atoms. The van der Waals surface area contributed by atoms with Crippen LogP contribution in [0.5, 0.6) is 0 Å². The first-order valence-corrected chi connectivity index (χ1v) is 5.00. The standard InChI is InChI=1S/C9H14N2O5/c1-15-8(7(10)9(13)14)4-3-11-5(12)2-6(11)16-4/h4,6-8H,2-3,10H2,1H3,(H,13,14)/t4-,6+,7+,8+/m1/s1. The third-order valence-corrected chi connectivity index (χ3v) is 3.00. The first kappa shape index (κ1) is 11.3. The van der Waals surface area contributed by atoms with E-state index in [4.69, 9.17) is 20.3 Å². The highest BCUT2D eigenvalue weighted by atomic mass is 16.6. The molecule has 2 fully saturated rings. The zero-order valence-electron chi connectivity index (χ0n) is 8.83. The lowest BCUT2D eigenvalue weighted by molar-refractivity contribution is -0.161. The minimum Gasteiger partial charge on any atom is -0.480 e. The van der Waals surface area contributed by atoms with Gasteiger partial charge in [-0.3, -0.25) is 9.59 Å². The molecular formula is C9H14N2O5. The first-order valence-electron chi connectivity index (χ1n) is 5.00. The van der Waals surface area contributed by atoms with Crippen LogP contribution >= 0.6 is 0 Å². The van der Waals surface area contributed by atoms with Gasteiger partial charge in [-0.05, 0) is 0 Å². The molecule has 90 valence electrons. The molecule has 0 aromatic heterocycles. The highest BCUT2D eigenvalue weighted by Crippen LogP contribution is 2.30. The largest absolute Gasteiger partial charge is 0.480 e. The van der Waals surface area contributed by atoms with Crippen molar-refractivity contribution in [1.29, 1.82) is 0 Å². The fourth-order valence-electron chi connectivity index (χ4n) is 2.06. The summed E-state index contributed by atoms with van der Waals surface area (Å²) in [6.45, 7) is 0.350. The molecule has 0 saturated carbocycles. The van der Waals surface area contributed by atoms with Crippen molar-refractivity contribution in [2.45, 2.75) is 30.9 Å². The Kier molecular flexibility index (Phi) is 2.83. The number of ether oxygens (including phenoxy) is 2. The third kappa shape index (κ3) is 1.66. The number of carbonyl (C=O) groups excluding carboxylic acids is 1. The van der Waals surface area contributed by atoms with Crippen molar-refractivity contribution in [3.63, 3.8) is 0 Å². The summed E-state index contributed by atoms with van der Waals surface area (Å²) in [4.78, 5) is 23.4. The summed E-state index contributed by atoms with van der Waals surface area (Å²) in [6, 6.07) is -1.15. The SMILES string of the molecule is CO[C@H]([C@H](N)C(=O)O)[C@H]1CN2C(=O)C[C@@H]2O1. The molecule has 3 N–H and O–H groups in total. The summed E-state index contributed by atoms with van der Waals surface area (Å²) in [7, 11) is 1.38. The predicted molar refractivity (Wildman–Crippen MR) is 51.4 cm³/mol. The van der Waals surface area contributed by atoms with Gasteiger partial charge in [0.25, 0.3) is 0 Å². The predicted octanol–water partition coefficient (Wildman–Crippen LogP) is -1.63. The van der Waals surface area contributed by atoms with Crippen LogP contribution in [0.1, 0.15) is 6.42 Å². The summed E-state index contributed by atoms with van der Waals surface area (Å²) >= 11 is 0. The van der Waals surface area contributed by atoms with Crippen molar-refractivity contribution < 1.29 is 24.2 Å². The molecule has 0 aromatic rings. The molecule has 1 amide bonds. The van der Waals surface area contributed by atoms with E-state index in [0.29, 0.717) is 13.0 Å². The number of nitrogens with two attached hydrogens (primary N) is 1. The molecule has 2 heterocycles. The summed E-state index contributed by atoms with van der Waals surface area (Å²) < 4.78 is 10.5. The van der Waals surface area contributed by atoms with Crippen LogP contribution in [-0.2, 0) is 19.1 Å². The van der Waals surface area contributed by atoms with E-state index in [1.54, 1.807) is 4.90 Å². The van der Waals surface area contributed by atoms with Gasteiger partial charge in [0.05, 0.1) is 13.0 Å². The van der Waals surface area contributed by atoms with E-state index in [0.717, 1.165) is 0 Å². The highest BCUT2D eigenvalue weighted by molar-refractivity contribution is 5.83. The Morgan fingerprint density at radius 2 is 2.44 bits per heavy atom. The quantitative estimate of drug-likeness (QED) is 0.562. The Hall–Kier alpha value is -1.18. The number of aliphatic carboxylic acids is 1. The topological polar surface area (TPSA) is 102 Å². The van der Waals surface area contributed by atoms with Gasteiger partial charge in [0.2, 0.25) is 5.91 Å². The van der Waals surface area contributed by atoms with Crippen molar-refractivity contribution >= 4 is 11.9 Å². The lowest BCUT2D eigenvalue weighted by atomic mass is 10.1. The zero-order valence-corrected chi connectivity index (χ0v) is 8.83. The maximum Gasteiger partial charge on any atom is 0.323 e. The van der Waals surface area contributed by atoms with Crippen LogP contribution in [-0.4, -0.2) is 60.0 Å². The van der Waals surface area contributed by atoms with E-state index in [2.05, 4.69) is 0 Å². The van der Waals surface area contributed by atoms with E-state index in [1.165, 1.54) is 7.11 Å². The van der Waals surface area contributed by atoms with Crippen molar-refractivity contribution in [3.05, 3.63) is 0 Å². The Bertz CT molecular complexity index is 321. The first-order chi connectivity index (χ1) is 7.54. The van der Waals surface area contributed by atoms with Gasteiger partial charge < -0.3 is 25.2 Å². The van der Waals surface area contributed by atoms with E-state index in [9.17, 15) is 9.59 Å². The molecule has 4 atom stereocenters. The number of nitrogens with zero attached hydrogens (tertiary/aromatic N) is 1. The summed E-state index contributed by atoms with van der Waals surface area (Å²) in [5, 5.41) is 8.80. The molecule has 7 heteroatoms. The van der Waals surface area contributed by atoms with Crippen LogP contribution in [0.2, 0.25) is 0 Å². The van der Waals surface area contributed by atoms with Crippen molar-refractivity contribution in [2.24, 2.45) is 5.73 Å². The molecule has 2 aliphatic heterocycles. The fraction of sp³-hybridized carbons (Fsp3) is 0.778. The summed E-state index contributed by atoms with van der Waals surface area (Å²) in [6.07, 6.45) is -1.07. The number of rotatable bonds is 4. The average molecular weight is 230 g/mol. The molecular weight excluding hydrogens is 216 g/mol. The number of carboxylic acid groups (broad SMARTS) is 1. The average Bonchev–Trinajstić information content (AvgIpc) is 2.57. The Morgan fingerprint density at radius 3 is 2.88 bits per heavy atom.